The average Bonchev–Trinajstić information content (AvgIpc) is 3.04. The van der Waals surface area contributed by atoms with E-state index in [-0.39, 0.29) is 0 Å². The van der Waals surface area contributed by atoms with Gasteiger partial charge in [-0.05, 0) is 23.6 Å². The van der Waals surface area contributed by atoms with Gasteiger partial charge in [0.05, 0.1) is 10.2 Å². The highest BCUT2D eigenvalue weighted by atomic mass is 79.9. The van der Waals surface area contributed by atoms with Crippen LogP contribution in [0.5, 0.6) is 0 Å². The highest BCUT2D eigenvalue weighted by Gasteiger charge is 2.12. The first-order valence-electron chi connectivity index (χ1n) is 5.66. The minimum absolute atomic E-state index is 0.805. The molecule has 0 saturated heterocycles. The van der Waals surface area contributed by atoms with Gasteiger partial charge in [0, 0.05) is 10.0 Å². The summed E-state index contributed by atoms with van der Waals surface area (Å²) < 4.78 is 4.02. The summed E-state index contributed by atoms with van der Waals surface area (Å²) in [5.41, 5.74) is 2.83. The Morgan fingerprint density at radius 2 is 2.11 bits per heavy atom. The lowest BCUT2D eigenvalue weighted by molar-refractivity contribution is 1.09. The quantitative estimate of drug-likeness (QED) is 0.533. The Kier molecular flexibility index (Phi) is 2.39. The van der Waals surface area contributed by atoms with Gasteiger partial charge in [-0.15, -0.1) is 21.5 Å². The van der Waals surface area contributed by atoms with E-state index >= 15 is 0 Å². The van der Waals surface area contributed by atoms with Gasteiger partial charge in [-0.3, -0.25) is 4.40 Å². The van der Waals surface area contributed by atoms with Crippen molar-refractivity contribution in [2.75, 3.05) is 0 Å². The lowest BCUT2D eigenvalue weighted by atomic mass is 10.2. The summed E-state index contributed by atoms with van der Waals surface area (Å²) in [6.07, 6.45) is 1.78. The molecule has 0 aliphatic heterocycles. The van der Waals surface area contributed by atoms with E-state index in [2.05, 4.69) is 31.1 Å². The molecule has 0 aliphatic carbocycles. The molecule has 19 heavy (non-hydrogen) atoms. The molecule has 0 amide bonds. The zero-order chi connectivity index (χ0) is 12.8. The Balaban J connectivity index is 2.05. The molecule has 3 aromatic heterocycles. The Hall–Kier alpha value is -1.79. The first-order valence-corrected chi connectivity index (χ1v) is 7.33. The van der Waals surface area contributed by atoms with E-state index in [1.165, 1.54) is 0 Å². The molecule has 0 aliphatic rings. The molecular weight excluding hydrogens is 324 g/mol. The van der Waals surface area contributed by atoms with Crippen LogP contribution in [0.2, 0.25) is 0 Å². The molecule has 0 fully saturated rings. The average molecular weight is 331 g/mol. The third kappa shape index (κ3) is 1.67. The van der Waals surface area contributed by atoms with Crippen molar-refractivity contribution in [1.29, 1.82) is 0 Å². The van der Waals surface area contributed by atoms with Crippen molar-refractivity contribution in [2.24, 2.45) is 0 Å². The van der Waals surface area contributed by atoms with Crippen LogP contribution >= 0.6 is 27.3 Å². The SMILES string of the molecule is Brc1cccc(-c2nnc3c4sccc4ncn23)c1. The van der Waals surface area contributed by atoms with E-state index in [9.17, 15) is 0 Å². The predicted molar refractivity (Wildman–Crippen MR) is 79.3 cm³/mol. The van der Waals surface area contributed by atoms with E-state index in [0.717, 1.165) is 31.7 Å². The number of aromatic nitrogens is 4. The number of hydrogen-bond acceptors (Lipinski definition) is 4. The van der Waals surface area contributed by atoms with Crippen molar-refractivity contribution >= 4 is 43.1 Å². The number of nitrogens with zero attached hydrogens (tertiary/aromatic N) is 4. The van der Waals surface area contributed by atoms with Gasteiger partial charge in [0.1, 0.15) is 6.33 Å². The fourth-order valence-electron chi connectivity index (χ4n) is 2.07. The fourth-order valence-corrected chi connectivity index (χ4v) is 3.29. The molecule has 4 aromatic rings. The van der Waals surface area contributed by atoms with Crippen molar-refractivity contribution < 1.29 is 0 Å². The maximum atomic E-state index is 4.43. The largest absolute Gasteiger partial charge is 0.264 e. The van der Waals surface area contributed by atoms with Crippen LogP contribution in [0.3, 0.4) is 0 Å². The number of thiophene rings is 1. The minimum Gasteiger partial charge on any atom is -0.264 e. The molecule has 0 unspecified atom stereocenters. The third-order valence-corrected chi connectivity index (χ3v) is 4.33. The smallest absolute Gasteiger partial charge is 0.181 e. The zero-order valence-corrected chi connectivity index (χ0v) is 12.0. The molecule has 0 spiro atoms. The zero-order valence-electron chi connectivity index (χ0n) is 9.62. The molecule has 1 aromatic carbocycles. The second-order valence-corrected chi connectivity index (χ2v) is 5.94. The highest BCUT2D eigenvalue weighted by Crippen LogP contribution is 2.27. The number of halogens is 1. The summed E-state index contributed by atoms with van der Waals surface area (Å²) in [5.74, 6) is 0.805. The van der Waals surface area contributed by atoms with Crippen LogP contribution in [-0.2, 0) is 0 Å². The van der Waals surface area contributed by atoms with Crippen LogP contribution in [0.25, 0.3) is 27.3 Å². The Morgan fingerprint density at radius 1 is 1.16 bits per heavy atom. The molecule has 0 bridgehead atoms. The number of hydrogen-bond donors (Lipinski definition) is 0. The second-order valence-electron chi connectivity index (χ2n) is 4.11. The van der Waals surface area contributed by atoms with Crippen molar-refractivity contribution in [3.05, 3.63) is 46.5 Å². The van der Waals surface area contributed by atoms with Crippen LogP contribution in [0, 0.1) is 0 Å². The maximum Gasteiger partial charge on any atom is 0.181 e. The van der Waals surface area contributed by atoms with Gasteiger partial charge >= 0.3 is 0 Å². The van der Waals surface area contributed by atoms with E-state index in [4.69, 9.17) is 0 Å². The van der Waals surface area contributed by atoms with Crippen LogP contribution < -0.4 is 0 Å². The number of fused-ring (bicyclic) bond motifs is 3. The summed E-state index contributed by atoms with van der Waals surface area (Å²) in [6, 6.07) is 10.0. The van der Waals surface area contributed by atoms with Crippen LogP contribution in [0.4, 0.5) is 0 Å². The Labute approximate surface area is 120 Å². The summed E-state index contributed by atoms with van der Waals surface area (Å²) in [6.45, 7) is 0. The molecule has 3 heterocycles. The lowest BCUT2D eigenvalue weighted by Gasteiger charge is -2.00. The van der Waals surface area contributed by atoms with Gasteiger partial charge in [0.25, 0.3) is 0 Å². The third-order valence-electron chi connectivity index (χ3n) is 2.94. The van der Waals surface area contributed by atoms with Gasteiger partial charge in [-0.25, -0.2) is 4.98 Å². The van der Waals surface area contributed by atoms with E-state index in [1.54, 1.807) is 17.7 Å². The van der Waals surface area contributed by atoms with E-state index < -0.39 is 0 Å². The first-order chi connectivity index (χ1) is 9.33. The summed E-state index contributed by atoms with van der Waals surface area (Å²) in [7, 11) is 0. The van der Waals surface area contributed by atoms with Crippen LogP contribution in [-0.4, -0.2) is 19.6 Å². The number of rotatable bonds is 1. The number of benzene rings is 1. The van der Waals surface area contributed by atoms with Crippen LogP contribution in [0.15, 0.2) is 46.5 Å². The van der Waals surface area contributed by atoms with Crippen molar-refractivity contribution in [1.82, 2.24) is 19.6 Å². The monoisotopic (exact) mass is 330 g/mol. The first kappa shape index (κ1) is 11.1. The highest BCUT2D eigenvalue weighted by molar-refractivity contribution is 9.10. The van der Waals surface area contributed by atoms with Gasteiger partial charge in [-0.2, -0.15) is 0 Å². The van der Waals surface area contributed by atoms with E-state index in [1.807, 2.05) is 40.1 Å². The van der Waals surface area contributed by atoms with Gasteiger partial charge in [0.2, 0.25) is 0 Å². The molecule has 92 valence electrons. The molecule has 6 heteroatoms. The fraction of sp³-hybridized carbons (Fsp3) is 0. The summed E-state index contributed by atoms with van der Waals surface area (Å²) in [4.78, 5) is 4.43. The molecule has 0 N–H and O–H groups in total. The molecular formula is C13H7BrN4S. The standard InChI is InChI=1S/C13H7BrN4S/c14-9-3-1-2-8(6-9)12-16-17-13-11-10(4-5-19-11)15-7-18(12)13/h1-7H. The maximum absolute atomic E-state index is 4.43. The molecule has 0 radical (unpaired) electrons. The molecule has 4 rings (SSSR count). The van der Waals surface area contributed by atoms with E-state index in [0.29, 0.717) is 0 Å². The molecule has 0 atom stereocenters. The Morgan fingerprint density at radius 3 is 3.00 bits per heavy atom. The minimum atomic E-state index is 0.805. The van der Waals surface area contributed by atoms with Crippen molar-refractivity contribution in [2.45, 2.75) is 0 Å². The lowest BCUT2D eigenvalue weighted by Crippen LogP contribution is -1.91. The topological polar surface area (TPSA) is 43.1 Å². The summed E-state index contributed by atoms with van der Waals surface area (Å²) in [5, 5.41) is 10.6. The molecule has 4 nitrogen and oxygen atoms in total. The van der Waals surface area contributed by atoms with Crippen molar-refractivity contribution in [3.63, 3.8) is 0 Å². The van der Waals surface area contributed by atoms with Crippen molar-refractivity contribution in [3.8, 4) is 11.4 Å². The van der Waals surface area contributed by atoms with Gasteiger partial charge in [-0.1, -0.05) is 28.1 Å². The second kappa shape index (κ2) is 4.11. The molecule has 0 saturated carbocycles. The Bertz CT molecular complexity index is 896. The predicted octanol–water partition coefficient (Wildman–Crippen LogP) is 3.77. The normalized spacial score (nSPS) is 11.4. The van der Waals surface area contributed by atoms with Gasteiger partial charge < -0.3 is 0 Å². The van der Waals surface area contributed by atoms with Crippen LogP contribution in [0.1, 0.15) is 0 Å². The summed E-state index contributed by atoms with van der Waals surface area (Å²) >= 11 is 5.11. The van der Waals surface area contributed by atoms with Gasteiger partial charge in [0.15, 0.2) is 11.5 Å².